The predicted molar refractivity (Wildman–Crippen MR) is 79.7 cm³/mol. The number of carbonyl (C=O) groups excluding carboxylic acids is 2. The van der Waals surface area contributed by atoms with Crippen LogP contribution in [0.5, 0.6) is 0 Å². The van der Waals surface area contributed by atoms with Gasteiger partial charge in [0.2, 0.25) is 0 Å². The highest BCUT2D eigenvalue weighted by molar-refractivity contribution is 7.99. The summed E-state index contributed by atoms with van der Waals surface area (Å²) in [6, 6.07) is 14.3. The maximum atomic E-state index is 11.5. The standard InChI is InChI=1S/C16H14O4S/c1-19-15(17)11-6-8-13(9-7-11)21-14-5-3-4-12(10-14)16(18)20-2/h3-10H,1-2H3. The molecular weight excluding hydrogens is 288 g/mol. The molecule has 21 heavy (non-hydrogen) atoms. The van der Waals surface area contributed by atoms with E-state index in [0.29, 0.717) is 11.1 Å². The fourth-order valence-electron chi connectivity index (χ4n) is 1.72. The Morgan fingerprint density at radius 2 is 1.43 bits per heavy atom. The van der Waals surface area contributed by atoms with Gasteiger partial charge >= 0.3 is 11.9 Å². The van der Waals surface area contributed by atoms with Gasteiger partial charge in [-0.1, -0.05) is 17.8 Å². The zero-order chi connectivity index (χ0) is 15.2. The molecule has 0 unspecified atom stereocenters. The first-order valence-corrected chi connectivity index (χ1v) is 7.00. The van der Waals surface area contributed by atoms with Crippen LogP contribution >= 0.6 is 11.8 Å². The number of methoxy groups -OCH3 is 2. The third kappa shape index (κ3) is 3.86. The molecule has 0 N–H and O–H groups in total. The number of carbonyl (C=O) groups is 2. The highest BCUT2D eigenvalue weighted by atomic mass is 32.2. The molecule has 0 fully saturated rings. The molecule has 0 spiro atoms. The minimum Gasteiger partial charge on any atom is -0.465 e. The van der Waals surface area contributed by atoms with Crippen molar-refractivity contribution in [2.45, 2.75) is 9.79 Å². The van der Waals surface area contributed by atoms with Gasteiger partial charge in [0, 0.05) is 9.79 Å². The van der Waals surface area contributed by atoms with Gasteiger partial charge in [0.15, 0.2) is 0 Å². The van der Waals surface area contributed by atoms with E-state index in [9.17, 15) is 9.59 Å². The first kappa shape index (κ1) is 15.1. The van der Waals surface area contributed by atoms with E-state index < -0.39 is 0 Å². The predicted octanol–water partition coefficient (Wildman–Crippen LogP) is 3.41. The first-order valence-electron chi connectivity index (χ1n) is 6.18. The summed E-state index contributed by atoms with van der Waals surface area (Å²) in [5.41, 5.74) is 1.01. The van der Waals surface area contributed by atoms with Crippen molar-refractivity contribution < 1.29 is 19.1 Å². The molecule has 0 saturated carbocycles. The Hall–Kier alpha value is -2.27. The number of benzene rings is 2. The smallest absolute Gasteiger partial charge is 0.337 e. The van der Waals surface area contributed by atoms with E-state index in [1.165, 1.54) is 26.0 Å². The molecule has 0 radical (unpaired) electrons. The fraction of sp³-hybridized carbons (Fsp3) is 0.125. The number of rotatable bonds is 4. The van der Waals surface area contributed by atoms with Crippen LogP contribution in [0.2, 0.25) is 0 Å². The van der Waals surface area contributed by atoms with Crippen molar-refractivity contribution in [2.24, 2.45) is 0 Å². The molecule has 0 aliphatic carbocycles. The Balaban J connectivity index is 2.15. The lowest BCUT2D eigenvalue weighted by Crippen LogP contribution is -2.00. The molecule has 108 valence electrons. The summed E-state index contributed by atoms with van der Waals surface area (Å²) in [6.07, 6.45) is 0. The van der Waals surface area contributed by atoms with Crippen molar-refractivity contribution >= 4 is 23.7 Å². The highest BCUT2D eigenvalue weighted by Crippen LogP contribution is 2.28. The second-order valence-corrected chi connectivity index (χ2v) is 5.28. The van der Waals surface area contributed by atoms with Crippen molar-refractivity contribution in [1.29, 1.82) is 0 Å². The van der Waals surface area contributed by atoms with Crippen LogP contribution < -0.4 is 0 Å². The maximum Gasteiger partial charge on any atom is 0.337 e. The van der Waals surface area contributed by atoms with E-state index in [1.54, 1.807) is 30.3 Å². The molecule has 5 heteroatoms. The molecule has 4 nitrogen and oxygen atoms in total. The van der Waals surface area contributed by atoms with Crippen molar-refractivity contribution in [3.63, 3.8) is 0 Å². The second-order valence-electron chi connectivity index (χ2n) is 4.14. The first-order chi connectivity index (χ1) is 10.1. The zero-order valence-electron chi connectivity index (χ0n) is 11.7. The van der Waals surface area contributed by atoms with Gasteiger partial charge in [0.1, 0.15) is 0 Å². The molecule has 0 bridgehead atoms. The van der Waals surface area contributed by atoms with Crippen LogP contribution in [0, 0.1) is 0 Å². The third-order valence-corrected chi connectivity index (χ3v) is 3.76. The molecule has 2 rings (SSSR count). The Morgan fingerprint density at radius 3 is 2.05 bits per heavy atom. The molecule has 0 saturated heterocycles. The van der Waals surface area contributed by atoms with Crippen LogP contribution in [0.4, 0.5) is 0 Å². The fourth-order valence-corrected chi connectivity index (χ4v) is 2.59. The Morgan fingerprint density at radius 1 is 0.810 bits per heavy atom. The highest BCUT2D eigenvalue weighted by Gasteiger charge is 2.08. The van der Waals surface area contributed by atoms with Gasteiger partial charge in [-0.3, -0.25) is 0 Å². The Labute approximate surface area is 127 Å². The lowest BCUT2D eigenvalue weighted by molar-refractivity contribution is 0.0591. The van der Waals surface area contributed by atoms with E-state index in [2.05, 4.69) is 4.74 Å². The average Bonchev–Trinajstić information content (AvgIpc) is 2.54. The average molecular weight is 302 g/mol. The minimum atomic E-state index is -0.363. The second kappa shape index (κ2) is 6.95. The Bertz CT molecular complexity index is 650. The quantitative estimate of drug-likeness (QED) is 0.810. The van der Waals surface area contributed by atoms with Crippen LogP contribution in [0.3, 0.4) is 0 Å². The minimum absolute atomic E-state index is 0.362. The van der Waals surface area contributed by atoms with Crippen molar-refractivity contribution in [3.8, 4) is 0 Å². The van der Waals surface area contributed by atoms with Crippen molar-refractivity contribution in [3.05, 3.63) is 59.7 Å². The lowest BCUT2D eigenvalue weighted by Gasteiger charge is -2.05. The van der Waals surface area contributed by atoms with E-state index in [4.69, 9.17) is 4.74 Å². The number of esters is 2. The Kier molecular flexibility index (Phi) is 5.00. The molecule has 0 aromatic heterocycles. The molecule has 2 aromatic rings. The maximum absolute atomic E-state index is 11.5. The largest absolute Gasteiger partial charge is 0.465 e. The van der Waals surface area contributed by atoms with Gasteiger partial charge in [0.05, 0.1) is 25.3 Å². The molecular formula is C16H14O4S. The van der Waals surface area contributed by atoms with E-state index in [0.717, 1.165) is 9.79 Å². The summed E-state index contributed by atoms with van der Waals surface area (Å²) in [5.74, 6) is -0.724. The lowest BCUT2D eigenvalue weighted by atomic mass is 10.2. The van der Waals surface area contributed by atoms with Gasteiger partial charge in [-0.05, 0) is 42.5 Å². The summed E-state index contributed by atoms with van der Waals surface area (Å²) in [7, 11) is 2.71. The van der Waals surface area contributed by atoms with Crippen molar-refractivity contribution in [2.75, 3.05) is 14.2 Å². The molecule has 0 amide bonds. The summed E-state index contributed by atoms with van der Waals surface area (Å²) >= 11 is 1.50. The topological polar surface area (TPSA) is 52.6 Å². The van der Waals surface area contributed by atoms with E-state index >= 15 is 0 Å². The van der Waals surface area contributed by atoms with Gasteiger partial charge < -0.3 is 9.47 Å². The van der Waals surface area contributed by atoms with Crippen LogP contribution in [0.1, 0.15) is 20.7 Å². The molecule has 0 atom stereocenters. The summed E-state index contributed by atoms with van der Waals surface area (Å²) in [6.45, 7) is 0. The third-order valence-electron chi connectivity index (χ3n) is 2.77. The van der Waals surface area contributed by atoms with E-state index in [-0.39, 0.29) is 11.9 Å². The van der Waals surface area contributed by atoms with Crippen LogP contribution in [0.25, 0.3) is 0 Å². The summed E-state index contributed by atoms with van der Waals surface area (Å²) in [5, 5.41) is 0. The van der Waals surface area contributed by atoms with Crippen LogP contribution in [0.15, 0.2) is 58.3 Å². The van der Waals surface area contributed by atoms with Crippen molar-refractivity contribution in [1.82, 2.24) is 0 Å². The molecule has 2 aromatic carbocycles. The van der Waals surface area contributed by atoms with Gasteiger partial charge in [0.25, 0.3) is 0 Å². The molecule has 0 aliphatic heterocycles. The summed E-state index contributed by atoms with van der Waals surface area (Å²) < 4.78 is 9.35. The van der Waals surface area contributed by atoms with Gasteiger partial charge in [-0.25, -0.2) is 9.59 Å². The van der Waals surface area contributed by atoms with E-state index in [1.807, 2.05) is 18.2 Å². The number of hydrogen-bond donors (Lipinski definition) is 0. The SMILES string of the molecule is COC(=O)c1ccc(Sc2cccc(C(=O)OC)c2)cc1. The summed E-state index contributed by atoms with van der Waals surface area (Å²) in [4.78, 5) is 24.7. The molecule has 0 aliphatic rings. The molecule has 0 heterocycles. The van der Waals surface area contributed by atoms with Crippen LogP contribution in [-0.4, -0.2) is 26.2 Å². The number of hydrogen-bond acceptors (Lipinski definition) is 5. The van der Waals surface area contributed by atoms with Crippen LogP contribution in [-0.2, 0) is 9.47 Å². The normalized spacial score (nSPS) is 10.0. The van der Waals surface area contributed by atoms with Gasteiger partial charge in [-0.2, -0.15) is 0 Å². The zero-order valence-corrected chi connectivity index (χ0v) is 12.5. The monoisotopic (exact) mass is 302 g/mol. The van der Waals surface area contributed by atoms with Gasteiger partial charge in [-0.15, -0.1) is 0 Å². The number of ether oxygens (including phenoxy) is 2.